The van der Waals surface area contributed by atoms with Gasteiger partial charge in [-0.15, -0.1) is 0 Å². The van der Waals surface area contributed by atoms with E-state index in [1.54, 1.807) is 24.3 Å². The molecule has 0 aliphatic rings. The molecular weight excluding hydrogens is 742 g/mol. The summed E-state index contributed by atoms with van der Waals surface area (Å²) in [6.07, 6.45) is -0.00331. The fraction of sp³-hybridized carbons (Fsp3) is 0.471. The first-order chi connectivity index (χ1) is 26.1. The molecule has 16 N–H and O–H groups in total. The molecule has 2 aromatic rings. The SMILES string of the molecule is CC(O)CC(=O)NCCC(NC(=O)C(CN)NC(=O)C(CO)NC(=O)C(CCN)NC(=O)c1ccnc(-c2cccc(Cl)c2)c1)C(=O)NC(CCN)C(N)=O. The summed E-state index contributed by atoms with van der Waals surface area (Å²) in [5, 5.41) is 34.4. The highest BCUT2D eigenvalue weighted by Crippen LogP contribution is 2.21. The summed E-state index contributed by atoms with van der Waals surface area (Å²) in [4.78, 5) is 94.1. The third-order valence-corrected chi connectivity index (χ3v) is 8.12. The van der Waals surface area contributed by atoms with Gasteiger partial charge in [-0.3, -0.25) is 38.5 Å². The quantitative estimate of drug-likeness (QED) is 0.0509. The first-order valence-corrected chi connectivity index (χ1v) is 17.7. The Bertz CT molecular complexity index is 1650. The molecule has 0 aliphatic heterocycles. The minimum Gasteiger partial charge on any atom is -0.394 e. The number of carbonyl (C=O) groups excluding carboxylic acids is 7. The van der Waals surface area contributed by atoms with Crippen molar-refractivity contribution in [1.29, 1.82) is 0 Å². The van der Waals surface area contributed by atoms with E-state index in [-0.39, 0.29) is 50.9 Å². The Labute approximate surface area is 322 Å². The Hall–Kier alpha value is -5.25. The van der Waals surface area contributed by atoms with Crippen LogP contribution in [0, 0.1) is 0 Å². The van der Waals surface area contributed by atoms with Crippen LogP contribution in [-0.4, -0.2) is 126 Å². The van der Waals surface area contributed by atoms with Crippen molar-refractivity contribution in [2.75, 3.05) is 32.8 Å². The Morgan fingerprint density at radius 3 is 1.91 bits per heavy atom. The molecule has 6 unspecified atom stereocenters. The lowest BCUT2D eigenvalue weighted by Crippen LogP contribution is -2.61. The van der Waals surface area contributed by atoms with Crippen LogP contribution in [0.25, 0.3) is 11.3 Å². The molecule has 0 saturated carbocycles. The van der Waals surface area contributed by atoms with E-state index >= 15 is 0 Å². The number of aliphatic hydroxyl groups is 2. The molecule has 1 heterocycles. The molecule has 6 atom stereocenters. The van der Waals surface area contributed by atoms with E-state index < -0.39 is 90.8 Å². The first kappa shape index (κ1) is 45.9. The highest BCUT2D eigenvalue weighted by atomic mass is 35.5. The summed E-state index contributed by atoms with van der Waals surface area (Å²) in [6.45, 7) is -0.218. The number of primary amides is 1. The molecule has 20 nitrogen and oxygen atoms in total. The van der Waals surface area contributed by atoms with Crippen LogP contribution >= 0.6 is 11.6 Å². The summed E-state index contributed by atoms with van der Waals surface area (Å²) in [5.41, 5.74) is 23.6. The van der Waals surface area contributed by atoms with Gasteiger partial charge in [0.15, 0.2) is 0 Å². The monoisotopic (exact) mass is 791 g/mol. The topological polar surface area (TPSA) is 349 Å². The molecule has 0 aliphatic carbocycles. The minimum atomic E-state index is -1.63. The van der Waals surface area contributed by atoms with Crippen molar-refractivity contribution in [1.82, 2.24) is 36.9 Å². The number of pyridine rings is 1. The Balaban J connectivity index is 2.14. The van der Waals surface area contributed by atoms with Crippen LogP contribution in [0.3, 0.4) is 0 Å². The van der Waals surface area contributed by atoms with Gasteiger partial charge in [-0.05, 0) is 63.5 Å². The maximum Gasteiger partial charge on any atom is 0.252 e. The molecule has 0 saturated heterocycles. The lowest BCUT2D eigenvalue weighted by atomic mass is 10.1. The number of benzene rings is 1. The fourth-order valence-corrected chi connectivity index (χ4v) is 5.18. The van der Waals surface area contributed by atoms with Crippen LogP contribution < -0.4 is 54.8 Å². The lowest BCUT2D eigenvalue weighted by molar-refractivity contribution is -0.135. The van der Waals surface area contributed by atoms with Gasteiger partial charge in [0.1, 0.15) is 30.2 Å². The van der Waals surface area contributed by atoms with Crippen LogP contribution in [-0.2, 0) is 28.8 Å². The zero-order chi connectivity index (χ0) is 41.1. The van der Waals surface area contributed by atoms with Crippen LogP contribution in [0.15, 0.2) is 42.6 Å². The van der Waals surface area contributed by atoms with E-state index in [0.717, 1.165) is 0 Å². The number of amides is 7. The van der Waals surface area contributed by atoms with Gasteiger partial charge in [0, 0.05) is 35.4 Å². The number of aromatic nitrogens is 1. The van der Waals surface area contributed by atoms with Crippen LogP contribution in [0.5, 0.6) is 0 Å². The van der Waals surface area contributed by atoms with E-state index in [9.17, 15) is 43.8 Å². The van der Waals surface area contributed by atoms with Crippen molar-refractivity contribution in [3.8, 4) is 11.3 Å². The zero-order valence-electron chi connectivity index (χ0n) is 30.3. The average Bonchev–Trinajstić information content (AvgIpc) is 3.14. The number of nitrogens with two attached hydrogens (primary N) is 4. The van der Waals surface area contributed by atoms with Crippen molar-refractivity contribution >= 4 is 53.0 Å². The van der Waals surface area contributed by atoms with Crippen molar-refractivity contribution in [3.05, 3.63) is 53.2 Å². The third kappa shape index (κ3) is 15.6. The summed E-state index contributed by atoms with van der Waals surface area (Å²) in [6, 6.07) is 2.81. The van der Waals surface area contributed by atoms with Crippen molar-refractivity contribution in [2.45, 2.75) is 68.9 Å². The highest BCUT2D eigenvalue weighted by molar-refractivity contribution is 6.30. The van der Waals surface area contributed by atoms with E-state index in [1.165, 1.54) is 25.3 Å². The predicted octanol–water partition coefficient (Wildman–Crippen LogP) is -4.15. The molecule has 0 bridgehead atoms. The number of hydrogen-bond donors (Lipinski definition) is 12. The van der Waals surface area contributed by atoms with E-state index in [4.69, 9.17) is 34.5 Å². The molecule has 0 radical (unpaired) electrons. The largest absolute Gasteiger partial charge is 0.394 e. The maximum atomic E-state index is 13.3. The second kappa shape index (κ2) is 23.5. The van der Waals surface area contributed by atoms with Crippen molar-refractivity contribution < 1.29 is 43.8 Å². The molecule has 55 heavy (non-hydrogen) atoms. The molecule has 0 fully saturated rings. The van der Waals surface area contributed by atoms with Gasteiger partial charge in [-0.1, -0.05) is 23.7 Å². The molecule has 302 valence electrons. The highest BCUT2D eigenvalue weighted by Gasteiger charge is 2.32. The minimum absolute atomic E-state index is 0.000103. The van der Waals surface area contributed by atoms with Gasteiger partial charge in [0.2, 0.25) is 35.4 Å². The van der Waals surface area contributed by atoms with Gasteiger partial charge < -0.3 is 65.0 Å². The predicted molar refractivity (Wildman–Crippen MR) is 200 cm³/mol. The second-order valence-electron chi connectivity index (χ2n) is 12.4. The summed E-state index contributed by atoms with van der Waals surface area (Å²) < 4.78 is 0. The van der Waals surface area contributed by atoms with Gasteiger partial charge in [-0.2, -0.15) is 0 Å². The smallest absolute Gasteiger partial charge is 0.252 e. The summed E-state index contributed by atoms with van der Waals surface area (Å²) in [7, 11) is 0. The van der Waals surface area contributed by atoms with E-state index in [2.05, 4.69) is 36.9 Å². The number of nitrogens with one attached hydrogen (secondary N) is 6. The van der Waals surface area contributed by atoms with E-state index in [1.807, 2.05) is 0 Å². The van der Waals surface area contributed by atoms with Gasteiger partial charge in [-0.25, -0.2) is 0 Å². The first-order valence-electron chi connectivity index (χ1n) is 17.3. The molecular formula is C34H50ClN11O9. The molecule has 0 spiro atoms. The summed E-state index contributed by atoms with van der Waals surface area (Å²) >= 11 is 6.08. The number of rotatable bonds is 23. The zero-order valence-corrected chi connectivity index (χ0v) is 31.0. The second-order valence-corrected chi connectivity index (χ2v) is 12.8. The molecule has 7 amide bonds. The number of carbonyl (C=O) groups is 7. The van der Waals surface area contributed by atoms with Gasteiger partial charge in [0.05, 0.1) is 24.8 Å². The van der Waals surface area contributed by atoms with Crippen LogP contribution in [0.2, 0.25) is 5.02 Å². The van der Waals surface area contributed by atoms with Crippen molar-refractivity contribution in [2.24, 2.45) is 22.9 Å². The molecule has 2 rings (SSSR count). The number of aliphatic hydroxyl groups excluding tert-OH is 2. The standard InChI is InChI=1S/C34H50ClN11O9/c1-18(48)13-28(49)41-12-8-24(32(53)42-22(5-9-36)29(39)50)44-33(54)26(16-38)45-34(55)27(17-47)46-31(52)23(6-10-37)43-30(51)20-7-11-40-25(15-20)19-3-2-4-21(35)14-19/h2-4,7,11,14-15,18,22-24,26-27,47-48H,5-6,8-10,12-13,16-17,36-38H2,1H3,(H2,39,50)(H,41,49)(H,42,53)(H,43,51)(H,44,54)(H,45,55)(H,46,52). The Kier molecular flexibility index (Phi) is 19.6. The number of halogens is 1. The molecule has 21 heteroatoms. The molecule has 1 aromatic heterocycles. The Morgan fingerprint density at radius 2 is 1.33 bits per heavy atom. The lowest BCUT2D eigenvalue weighted by Gasteiger charge is -2.26. The maximum absolute atomic E-state index is 13.3. The Morgan fingerprint density at radius 1 is 0.764 bits per heavy atom. The number of hydrogen-bond acceptors (Lipinski definition) is 13. The normalized spacial score (nSPS) is 14.2. The third-order valence-electron chi connectivity index (χ3n) is 7.89. The van der Waals surface area contributed by atoms with E-state index in [0.29, 0.717) is 16.3 Å². The fourth-order valence-electron chi connectivity index (χ4n) is 4.99. The average molecular weight is 792 g/mol. The van der Waals surface area contributed by atoms with Crippen molar-refractivity contribution in [3.63, 3.8) is 0 Å². The summed E-state index contributed by atoms with van der Waals surface area (Å²) in [5.74, 6) is -5.81. The number of nitrogens with zero attached hydrogens (tertiary/aromatic N) is 1. The molecule has 1 aromatic carbocycles. The van der Waals surface area contributed by atoms with Crippen LogP contribution in [0.4, 0.5) is 0 Å². The van der Waals surface area contributed by atoms with Gasteiger partial charge >= 0.3 is 0 Å². The van der Waals surface area contributed by atoms with Gasteiger partial charge in [0.25, 0.3) is 5.91 Å². The van der Waals surface area contributed by atoms with Crippen LogP contribution in [0.1, 0.15) is 43.0 Å².